The minimum absolute atomic E-state index is 0.142. The van der Waals surface area contributed by atoms with Crippen LogP contribution in [-0.2, 0) is 0 Å². The van der Waals surface area contributed by atoms with E-state index < -0.39 is 29.6 Å². The molecular weight excluding hydrogens is 472 g/mol. The molecular formula is C29H16N2O6. The van der Waals surface area contributed by atoms with Crippen LogP contribution in [0.3, 0.4) is 0 Å². The van der Waals surface area contributed by atoms with Crippen molar-refractivity contribution in [1.82, 2.24) is 0 Å². The molecule has 6 rings (SSSR count). The Kier molecular flexibility index (Phi) is 5.01. The first kappa shape index (κ1) is 22.1. The standard InChI is InChI=1S/C29H16N2O6/c32-25-21-8-1-2-9-22(21)26(33)30(25)18-14-12-17(13-15-18)29(36)37-20-7-5-6-19(16-20)31-27(34)23-10-3-4-11-24(23)28(31)35/h1-16H. The van der Waals surface area contributed by atoms with Gasteiger partial charge < -0.3 is 4.74 Å². The minimum atomic E-state index is -0.687. The van der Waals surface area contributed by atoms with Gasteiger partial charge in [0.15, 0.2) is 0 Å². The van der Waals surface area contributed by atoms with Gasteiger partial charge in [0, 0.05) is 6.07 Å². The van der Waals surface area contributed by atoms with Crippen molar-refractivity contribution >= 4 is 41.0 Å². The van der Waals surface area contributed by atoms with E-state index in [4.69, 9.17) is 4.74 Å². The summed E-state index contributed by atoms with van der Waals surface area (Å²) in [4.78, 5) is 65.8. The number of ether oxygens (including phenoxy) is 1. The van der Waals surface area contributed by atoms with Gasteiger partial charge in [0.05, 0.1) is 39.2 Å². The summed E-state index contributed by atoms with van der Waals surface area (Å²) in [7, 11) is 0. The number of hydrogen-bond donors (Lipinski definition) is 0. The SMILES string of the molecule is O=C(Oc1cccc(N2C(=O)c3ccccc3C2=O)c1)c1ccc(N2C(=O)c3ccccc3C2=O)cc1. The van der Waals surface area contributed by atoms with Crippen molar-refractivity contribution in [3.8, 4) is 5.75 Å². The third-order valence-corrected chi connectivity index (χ3v) is 6.24. The maximum Gasteiger partial charge on any atom is 0.343 e. The fourth-order valence-electron chi connectivity index (χ4n) is 4.45. The second-order valence-electron chi connectivity index (χ2n) is 8.42. The molecule has 0 radical (unpaired) electrons. The molecule has 4 aromatic rings. The average Bonchev–Trinajstić information content (AvgIpc) is 3.33. The molecule has 0 unspecified atom stereocenters. The van der Waals surface area contributed by atoms with Crippen LogP contribution >= 0.6 is 0 Å². The lowest BCUT2D eigenvalue weighted by Crippen LogP contribution is -2.29. The molecule has 4 aromatic carbocycles. The summed E-state index contributed by atoms with van der Waals surface area (Å²) in [5, 5.41) is 0. The zero-order valence-electron chi connectivity index (χ0n) is 19.1. The molecule has 0 fully saturated rings. The maximum atomic E-state index is 12.8. The van der Waals surface area contributed by atoms with Gasteiger partial charge in [0.1, 0.15) is 5.75 Å². The van der Waals surface area contributed by atoms with Crippen molar-refractivity contribution in [3.63, 3.8) is 0 Å². The van der Waals surface area contributed by atoms with E-state index in [1.54, 1.807) is 60.7 Å². The number of nitrogens with zero attached hydrogens (tertiary/aromatic N) is 2. The molecule has 2 aliphatic heterocycles. The Balaban J connectivity index is 1.20. The Bertz CT molecular complexity index is 1590. The van der Waals surface area contributed by atoms with E-state index in [9.17, 15) is 24.0 Å². The first-order valence-electron chi connectivity index (χ1n) is 11.3. The normalized spacial score (nSPS) is 14.2. The molecule has 0 aromatic heterocycles. The van der Waals surface area contributed by atoms with Crippen molar-refractivity contribution in [2.45, 2.75) is 0 Å². The van der Waals surface area contributed by atoms with Crippen LogP contribution in [0.5, 0.6) is 5.75 Å². The first-order chi connectivity index (χ1) is 17.9. The Hall–Kier alpha value is -5.37. The van der Waals surface area contributed by atoms with E-state index >= 15 is 0 Å². The molecule has 2 aliphatic rings. The Morgan fingerprint density at radius 2 is 0.973 bits per heavy atom. The van der Waals surface area contributed by atoms with Gasteiger partial charge in [0.25, 0.3) is 23.6 Å². The van der Waals surface area contributed by atoms with Crippen LogP contribution in [0.2, 0.25) is 0 Å². The highest BCUT2D eigenvalue weighted by Crippen LogP contribution is 2.31. The molecule has 0 atom stereocenters. The zero-order valence-corrected chi connectivity index (χ0v) is 19.1. The highest BCUT2D eigenvalue weighted by molar-refractivity contribution is 6.35. The van der Waals surface area contributed by atoms with E-state index in [0.29, 0.717) is 27.9 Å². The number of rotatable bonds is 4. The molecule has 178 valence electrons. The third-order valence-electron chi connectivity index (χ3n) is 6.24. The van der Waals surface area contributed by atoms with Crippen LogP contribution in [0.4, 0.5) is 11.4 Å². The lowest BCUT2D eigenvalue weighted by atomic mass is 10.1. The lowest BCUT2D eigenvalue weighted by Gasteiger charge is -2.15. The average molecular weight is 488 g/mol. The largest absolute Gasteiger partial charge is 0.423 e. The second-order valence-corrected chi connectivity index (χ2v) is 8.42. The van der Waals surface area contributed by atoms with Gasteiger partial charge in [0.2, 0.25) is 0 Å². The van der Waals surface area contributed by atoms with Crippen molar-refractivity contribution in [2.24, 2.45) is 0 Å². The summed E-state index contributed by atoms with van der Waals surface area (Å²) in [6.45, 7) is 0. The summed E-state index contributed by atoms with van der Waals surface area (Å²) in [6, 6.07) is 25.1. The molecule has 4 amide bonds. The van der Waals surface area contributed by atoms with Crippen molar-refractivity contribution in [3.05, 3.63) is 125 Å². The second kappa shape index (κ2) is 8.39. The fraction of sp³-hybridized carbons (Fsp3) is 0. The minimum Gasteiger partial charge on any atom is -0.423 e. The number of fused-ring (bicyclic) bond motifs is 2. The van der Waals surface area contributed by atoms with Gasteiger partial charge >= 0.3 is 5.97 Å². The molecule has 0 spiro atoms. The number of esters is 1. The predicted octanol–water partition coefficient (Wildman–Crippen LogP) is 4.51. The van der Waals surface area contributed by atoms with Gasteiger partial charge in [-0.3, -0.25) is 19.2 Å². The van der Waals surface area contributed by atoms with Crippen LogP contribution < -0.4 is 14.5 Å². The summed E-state index contributed by atoms with van der Waals surface area (Å²) in [6.07, 6.45) is 0. The van der Waals surface area contributed by atoms with Gasteiger partial charge in [-0.1, -0.05) is 30.3 Å². The van der Waals surface area contributed by atoms with Crippen LogP contribution in [-0.4, -0.2) is 29.6 Å². The number of hydrogen-bond acceptors (Lipinski definition) is 6. The molecule has 0 aliphatic carbocycles. The Labute approximate surface area is 210 Å². The van der Waals surface area contributed by atoms with E-state index in [0.717, 1.165) is 9.80 Å². The number of amides is 4. The summed E-state index contributed by atoms with van der Waals surface area (Å²) < 4.78 is 5.47. The highest BCUT2D eigenvalue weighted by atomic mass is 16.5. The van der Waals surface area contributed by atoms with E-state index in [2.05, 4.69) is 0 Å². The third kappa shape index (κ3) is 3.51. The van der Waals surface area contributed by atoms with E-state index in [-0.39, 0.29) is 17.0 Å². The molecule has 0 N–H and O–H groups in total. The van der Waals surface area contributed by atoms with Crippen LogP contribution in [0.1, 0.15) is 51.8 Å². The molecule has 2 heterocycles. The first-order valence-corrected chi connectivity index (χ1v) is 11.3. The van der Waals surface area contributed by atoms with Gasteiger partial charge in [-0.25, -0.2) is 14.6 Å². The van der Waals surface area contributed by atoms with Crippen molar-refractivity contribution in [1.29, 1.82) is 0 Å². The number of carbonyl (C=O) groups excluding carboxylic acids is 5. The molecule has 0 saturated heterocycles. The quantitative estimate of drug-likeness (QED) is 0.238. The number of imide groups is 2. The Morgan fingerprint density at radius 3 is 1.46 bits per heavy atom. The molecule has 0 bridgehead atoms. The van der Waals surface area contributed by atoms with Gasteiger partial charge in [-0.2, -0.15) is 0 Å². The summed E-state index contributed by atoms with van der Waals surface area (Å²) >= 11 is 0. The highest BCUT2D eigenvalue weighted by Gasteiger charge is 2.37. The molecule has 0 saturated carbocycles. The van der Waals surface area contributed by atoms with Crippen molar-refractivity contribution < 1.29 is 28.7 Å². The van der Waals surface area contributed by atoms with Gasteiger partial charge in [-0.15, -0.1) is 0 Å². The van der Waals surface area contributed by atoms with Crippen LogP contribution in [0.25, 0.3) is 0 Å². The van der Waals surface area contributed by atoms with Crippen LogP contribution in [0, 0.1) is 0 Å². The topological polar surface area (TPSA) is 101 Å². The molecule has 37 heavy (non-hydrogen) atoms. The summed E-state index contributed by atoms with van der Waals surface area (Å²) in [5.41, 5.74) is 2.07. The Morgan fingerprint density at radius 1 is 0.514 bits per heavy atom. The van der Waals surface area contributed by atoms with Gasteiger partial charge in [-0.05, 0) is 60.7 Å². The van der Waals surface area contributed by atoms with E-state index in [1.165, 1.54) is 36.4 Å². The number of carbonyl (C=O) groups is 5. The number of anilines is 2. The molecule has 8 heteroatoms. The fourth-order valence-corrected chi connectivity index (χ4v) is 4.45. The predicted molar refractivity (Wildman–Crippen MR) is 133 cm³/mol. The monoisotopic (exact) mass is 488 g/mol. The smallest absolute Gasteiger partial charge is 0.343 e. The zero-order chi connectivity index (χ0) is 25.7. The van der Waals surface area contributed by atoms with E-state index in [1.807, 2.05) is 0 Å². The number of benzene rings is 4. The van der Waals surface area contributed by atoms with Crippen molar-refractivity contribution in [2.75, 3.05) is 9.80 Å². The molecule has 8 nitrogen and oxygen atoms in total. The summed E-state index contributed by atoms with van der Waals surface area (Å²) in [5.74, 6) is -2.31. The maximum absolute atomic E-state index is 12.8. The van der Waals surface area contributed by atoms with Crippen LogP contribution in [0.15, 0.2) is 97.1 Å². The lowest BCUT2D eigenvalue weighted by molar-refractivity contribution is 0.0734.